The number of anilines is 4. The number of hydrogen-bond acceptors (Lipinski definition) is 6. The van der Waals surface area contributed by atoms with Crippen molar-refractivity contribution in [1.82, 2.24) is 9.97 Å². The molecule has 2 aromatic heterocycles. The molecule has 0 radical (unpaired) electrons. The standard InChI is InChI=1S/C26H28N6O2.ClH/c1-5-26(4,24(33)31-16-6-8-22-18(12-16)20(27)10-14(2)29-22)25(34)32-17-7-9-23-19(13-17)21(28)11-15(3)30-23;/h6-13H,5H2,1-4H3,(H2,27,29)(H2,28,30)(H,31,33)(H,32,34);1H. The van der Waals surface area contributed by atoms with Crippen molar-refractivity contribution in [2.75, 3.05) is 22.1 Å². The topological polar surface area (TPSA) is 136 Å². The van der Waals surface area contributed by atoms with Crippen molar-refractivity contribution in [1.29, 1.82) is 0 Å². The van der Waals surface area contributed by atoms with Crippen LogP contribution in [0.1, 0.15) is 31.7 Å². The maximum absolute atomic E-state index is 13.2. The minimum absolute atomic E-state index is 0. The molecule has 0 aliphatic heterocycles. The number of halogens is 1. The lowest BCUT2D eigenvalue weighted by Gasteiger charge is -2.26. The van der Waals surface area contributed by atoms with Gasteiger partial charge in [0.05, 0.1) is 11.0 Å². The zero-order valence-electron chi connectivity index (χ0n) is 20.1. The van der Waals surface area contributed by atoms with Crippen LogP contribution < -0.4 is 22.1 Å². The Morgan fingerprint density at radius 1 is 0.800 bits per heavy atom. The van der Waals surface area contributed by atoms with Crippen LogP contribution >= 0.6 is 12.4 Å². The summed E-state index contributed by atoms with van der Waals surface area (Å²) >= 11 is 0. The predicted molar refractivity (Wildman–Crippen MR) is 145 cm³/mol. The molecule has 0 saturated heterocycles. The molecule has 0 unspecified atom stereocenters. The van der Waals surface area contributed by atoms with Gasteiger partial charge in [-0.15, -0.1) is 12.4 Å². The fraction of sp³-hybridized carbons (Fsp3) is 0.231. The molecule has 0 atom stereocenters. The predicted octanol–water partition coefficient (Wildman–Crippen LogP) is 4.98. The van der Waals surface area contributed by atoms with E-state index in [0.717, 1.165) is 33.2 Å². The molecule has 9 heteroatoms. The molecule has 2 heterocycles. The number of amides is 2. The second kappa shape index (κ2) is 9.76. The summed E-state index contributed by atoms with van der Waals surface area (Å²) < 4.78 is 0. The first-order chi connectivity index (χ1) is 16.1. The van der Waals surface area contributed by atoms with E-state index in [4.69, 9.17) is 11.5 Å². The number of aromatic nitrogens is 2. The van der Waals surface area contributed by atoms with Gasteiger partial charge in [0.1, 0.15) is 5.41 Å². The Labute approximate surface area is 209 Å². The van der Waals surface area contributed by atoms with Crippen molar-refractivity contribution in [3.8, 4) is 0 Å². The Bertz CT molecular complexity index is 1350. The van der Waals surface area contributed by atoms with Gasteiger partial charge < -0.3 is 22.1 Å². The van der Waals surface area contributed by atoms with Crippen molar-refractivity contribution < 1.29 is 9.59 Å². The summed E-state index contributed by atoms with van der Waals surface area (Å²) in [4.78, 5) is 35.4. The Morgan fingerprint density at radius 2 is 1.20 bits per heavy atom. The van der Waals surface area contributed by atoms with Crippen molar-refractivity contribution >= 4 is 68.8 Å². The maximum Gasteiger partial charge on any atom is 0.239 e. The number of pyridine rings is 2. The van der Waals surface area contributed by atoms with Gasteiger partial charge in [0.2, 0.25) is 11.8 Å². The summed E-state index contributed by atoms with van der Waals surface area (Å²) in [5.74, 6) is -0.828. The van der Waals surface area contributed by atoms with Crippen molar-refractivity contribution in [3.05, 3.63) is 59.9 Å². The number of carbonyl (C=O) groups is 2. The van der Waals surface area contributed by atoms with Gasteiger partial charge in [-0.05, 0) is 75.7 Å². The fourth-order valence-electron chi connectivity index (χ4n) is 3.90. The largest absolute Gasteiger partial charge is 0.398 e. The van der Waals surface area contributed by atoms with Crippen molar-refractivity contribution in [2.45, 2.75) is 34.1 Å². The molecule has 8 nitrogen and oxygen atoms in total. The SMILES string of the molecule is CCC(C)(C(=O)Nc1ccc2nc(C)cc(N)c2c1)C(=O)Nc1ccc2nc(C)cc(N)c2c1.Cl. The van der Waals surface area contributed by atoms with E-state index >= 15 is 0 Å². The highest BCUT2D eigenvalue weighted by Crippen LogP contribution is 2.30. The number of fused-ring (bicyclic) bond motifs is 2. The van der Waals surface area contributed by atoms with E-state index in [1.54, 1.807) is 62.4 Å². The molecule has 0 fully saturated rings. The minimum Gasteiger partial charge on any atom is -0.398 e. The molecular formula is C26H29ClN6O2. The Balaban J connectivity index is 0.00000342. The van der Waals surface area contributed by atoms with Crippen molar-refractivity contribution in [3.63, 3.8) is 0 Å². The number of benzene rings is 2. The normalized spacial score (nSPS) is 11.2. The van der Waals surface area contributed by atoms with Gasteiger partial charge in [0, 0.05) is 44.9 Å². The molecule has 0 saturated carbocycles. The third-order valence-corrected chi connectivity index (χ3v) is 6.16. The van der Waals surface area contributed by atoms with Gasteiger partial charge in [-0.25, -0.2) is 0 Å². The number of carbonyl (C=O) groups excluding carboxylic acids is 2. The molecule has 0 aliphatic rings. The van der Waals surface area contributed by atoms with Crippen LogP contribution in [0.3, 0.4) is 0 Å². The number of nitrogens with two attached hydrogens (primary N) is 2. The van der Waals surface area contributed by atoms with Gasteiger partial charge in [-0.2, -0.15) is 0 Å². The monoisotopic (exact) mass is 492 g/mol. The lowest BCUT2D eigenvalue weighted by Crippen LogP contribution is -2.43. The first-order valence-electron chi connectivity index (χ1n) is 11.1. The van der Waals surface area contributed by atoms with Crippen LogP contribution in [0.5, 0.6) is 0 Å². The first-order valence-corrected chi connectivity index (χ1v) is 11.1. The van der Waals surface area contributed by atoms with Crippen LogP contribution in [0.2, 0.25) is 0 Å². The highest BCUT2D eigenvalue weighted by Gasteiger charge is 2.39. The van der Waals surface area contributed by atoms with E-state index < -0.39 is 17.2 Å². The third kappa shape index (κ3) is 4.97. The number of rotatable bonds is 5. The Morgan fingerprint density at radius 3 is 1.57 bits per heavy atom. The van der Waals surface area contributed by atoms with E-state index in [2.05, 4.69) is 20.6 Å². The molecule has 182 valence electrons. The lowest BCUT2D eigenvalue weighted by atomic mass is 9.85. The second-order valence-corrected chi connectivity index (χ2v) is 8.76. The quantitative estimate of drug-likeness (QED) is 0.290. The lowest BCUT2D eigenvalue weighted by molar-refractivity contribution is -0.136. The van der Waals surface area contributed by atoms with Crippen LogP contribution in [0.15, 0.2) is 48.5 Å². The highest BCUT2D eigenvalue weighted by atomic mass is 35.5. The number of hydrogen-bond donors (Lipinski definition) is 4. The zero-order valence-corrected chi connectivity index (χ0v) is 20.9. The van der Waals surface area contributed by atoms with Gasteiger partial charge in [-0.1, -0.05) is 6.92 Å². The molecule has 4 rings (SSSR count). The summed E-state index contributed by atoms with van der Waals surface area (Å²) in [6.07, 6.45) is 0.303. The maximum atomic E-state index is 13.2. The summed E-state index contributed by atoms with van der Waals surface area (Å²) in [5, 5.41) is 7.21. The van der Waals surface area contributed by atoms with E-state index in [1.807, 2.05) is 13.8 Å². The van der Waals surface area contributed by atoms with Crippen LogP contribution in [-0.2, 0) is 9.59 Å². The summed E-state index contributed by atoms with van der Waals surface area (Å²) in [7, 11) is 0. The average Bonchev–Trinajstić information content (AvgIpc) is 2.79. The van der Waals surface area contributed by atoms with Crippen LogP contribution in [0.25, 0.3) is 21.8 Å². The van der Waals surface area contributed by atoms with Gasteiger partial charge in [0.15, 0.2) is 0 Å². The second-order valence-electron chi connectivity index (χ2n) is 8.76. The minimum atomic E-state index is -1.31. The first kappa shape index (κ1) is 25.7. The Kier molecular flexibility index (Phi) is 7.17. The van der Waals surface area contributed by atoms with Crippen LogP contribution in [-0.4, -0.2) is 21.8 Å². The molecule has 35 heavy (non-hydrogen) atoms. The number of nitrogen functional groups attached to an aromatic ring is 2. The third-order valence-electron chi connectivity index (χ3n) is 6.16. The van der Waals surface area contributed by atoms with Crippen molar-refractivity contribution in [2.24, 2.45) is 5.41 Å². The number of aryl methyl sites for hydroxylation is 2. The zero-order chi connectivity index (χ0) is 24.6. The van der Waals surface area contributed by atoms with E-state index in [0.29, 0.717) is 29.2 Å². The molecular weight excluding hydrogens is 464 g/mol. The molecule has 2 aromatic carbocycles. The molecule has 0 bridgehead atoms. The van der Waals surface area contributed by atoms with E-state index in [9.17, 15) is 9.59 Å². The van der Waals surface area contributed by atoms with Crippen LogP contribution in [0, 0.1) is 19.3 Å². The number of nitrogens with one attached hydrogen (secondary N) is 2. The Hall–Kier alpha value is -3.91. The van der Waals surface area contributed by atoms with E-state index in [1.165, 1.54) is 0 Å². The smallest absolute Gasteiger partial charge is 0.239 e. The van der Waals surface area contributed by atoms with E-state index in [-0.39, 0.29) is 12.4 Å². The highest BCUT2D eigenvalue weighted by molar-refractivity contribution is 6.15. The molecule has 0 aliphatic carbocycles. The average molecular weight is 493 g/mol. The van der Waals surface area contributed by atoms with Gasteiger partial charge in [-0.3, -0.25) is 19.6 Å². The van der Waals surface area contributed by atoms with Gasteiger partial charge in [0.25, 0.3) is 0 Å². The molecule has 6 N–H and O–H groups in total. The molecule has 4 aromatic rings. The molecule has 0 spiro atoms. The summed E-state index contributed by atoms with van der Waals surface area (Å²) in [6, 6.07) is 14.2. The van der Waals surface area contributed by atoms with Crippen LogP contribution in [0.4, 0.5) is 22.7 Å². The number of nitrogens with zero attached hydrogens (tertiary/aromatic N) is 2. The molecule has 2 amide bonds. The summed E-state index contributed by atoms with van der Waals surface area (Å²) in [6.45, 7) is 7.17. The summed E-state index contributed by atoms with van der Waals surface area (Å²) in [5.41, 5.74) is 16.3. The van der Waals surface area contributed by atoms with Gasteiger partial charge >= 0.3 is 0 Å². The fourth-order valence-corrected chi connectivity index (χ4v) is 3.90.